The highest BCUT2D eigenvalue weighted by Crippen LogP contribution is 2.49. The first-order valence-corrected chi connectivity index (χ1v) is 12.2. The molecule has 0 unspecified atom stereocenters. The van der Waals surface area contributed by atoms with Crippen molar-refractivity contribution in [1.29, 1.82) is 0 Å². The molecule has 0 atom stereocenters. The summed E-state index contributed by atoms with van der Waals surface area (Å²) in [5.74, 6) is 1.81. The van der Waals surface area contributed by atoms with Gasteiger partial charge in [0.05, 0.1) is 0 Å². The molecule has 0 radical (unpaired) electrons. The van der Waals surface area contributed by atoms with Crippen LogP contribution in [0.1, 0.15) is 0 Å². The normalized spacial score (nSPS) is 12.1. The molecule has 7 aromatic rings. The zero-order valence-corrected chi connectivity index (χ0v) is 19.4. The molecule has 0 bridgehead atoms. The fraction of sp³-hybridized carbons (Fsp3) is 0. The molecule has 0 spiro atoms. The average molecular weight is 461 g/mol. The van der Waals surface area contributed by atoms with Gasteiger partial charge in [0.15, 0.2) is 0 Å². The maximum atomic E-state index is 6.26. The van der Waals surface area contributed by atoms with E-state index in [-0.39, 0.29) is 0 Å². The first kappa shape index (κ1) is 19.5. The van der Waals surface area contributed by atoms with E-state index in [2.05, 4.69) is 97.1 Å². The molecule has 1 aliphatic rings. The van der Waals surface area contributed by atoms with Crippen molar-refractivity contribution in [3.63, 3.8) is 0 Å². The summed E-state index contributed by atoms with van der Waals surface area (Å²) in [5.41, 5.74) is 8.92. The summed E-state index contributed by atoms with van der Waals surface area (Å²) in [7, 11) is 0. The molecule has 0 amide bonds. The third-order valence-electron chi connectivity index (χ3n) is 7.27. The SMILES string of the molecule is c1ccc2c(c1)Oc1cccc3cc(-c4ccccc4-c4cccc5oc6ccccc6c45)cc-2c13. The van der Waals surface area contributed by atoms with Gasteiger partial charge in [-0.2, -0.15) is 0 Å². The van der Waals surface area contributed by atoms with Crippen LogP contribution in [0.15, 0.2) is 126 Å². The molecule has 168 valence electrons. The second-order valence-corrected chi connectivity index (χ2v) is 9.30. The lowest BCUT2D eigenvalue weighted by Crippen LogP contribution is -1.97. The Bertz CT molecular complexity index is 1980. The molecule has 8 rings (SSSR count). The Morgan fingerprint density at radius 2 is 1.11 bits per heavy atom. The highest BCUT2D eigenvalue weighted by molar-refractivity contribution is 6.14. The van der Waals surface area contributed by atoms with Crippen LogP contribution in [-0.2, 0) is 0 Å². The van der Waals surface area contributed by atoms with Crippen LogP contribution in [0.25, 0.3) is 66.1 Å². The summed E-state index contributed by atoms with van der Waals surface area (Å²) >= 11 is 0. The Hall–Kier alpha value is -4.82. The minimum atomic E-state index is 0.901. The Morgan fingerprint density at radius 3 is 2.06 bits per heavy atom. The zero-order valence-electron chi connectivity index (χ0n) is 19.4. The first-order chi connectivity index (χ1) is 17.8. The number of ether oxygens (including phenoxy) is 1. The van der Waals surface area contributed by atoms with Crippen LogP contribution in [0.4, 0.5) is 0 Å². The number of rotatable bonds is 2. The van der Waals surface area contributed by atoms with E-state index in [1.165, 1.54) is 38.6 Å². The van der Waals surface area contributed by atoms with E-state index in [9.17, 15) is 0 Å². The van der Waals surface area contributed by atoms with E-state index >= 15 is 0 Å². The predicted molar refractivity (Wildman–Crippen MR) is 148 cm³/mol. The second-order valence-electron chi connectivity index (χ2n) is 9.30. The number of fused-ring (bicyclic) bond motifs is 5. The Kier molecular flexibility index (Phi) is 3.97. The van der Waals surface area contributed by atoms with Gasteiger partial charge in [-0.05, 0) is 69.6 Å². The van der Waals surface area contributed by atoms with Crippen molar-refractivity contribution in [2.24, 2.45) is 0 Å². The lowest BCUT2D eigenvalue weighted by atomic mass is 9.87. The van der Waals surface area contributed by atoms with Crippen LogP contribution < -0.4 is 4.74 Å². The van der Waals surface area contributed by atoms with Crippen LogP contribution in [0.5, 0.6) is 11.5 Å². The van der Waals surface area contributed by atoms with Gasteiger partial charge in [-0.3, -0.25) is 0 Å². The van der Waals surface area contributed by atoms with Crippen LogP contribution >= 0.6 is 0 Å². The van der Waals surface area contributed by atoms with E-state index in [0.29, 0.717) is 0 Å². The van der Waals surface area contributed by atoms with Gasteiger partial charge >= 0.3 is 0 Å². The molecule has 6 aromatic carbocycles. The Balaban J connectivity index is 1.43. The molecule has 36 heavy (non-hydrogen) atoms. The third-order valence-corrected chi connectivity index (χ3v) is 7.27. The van der Waals surface area contributed by atoms with Gasteiger partial charge in [0.1, 0.15) is 22.7 Å². The minimum Gasteiger partial charge on any atom is -0.456 e. The van der Waals surface area contributed by atoms with Crippen molar-refractivity contribution in [3.8, 4) is 44.9 Å². The summed E-state index contributed by atoms with van der Waals surface area (Å²) < 4.78 is 12.5. The molecular weight excluding hydrogens is 440 g/mol. The fourth-order valence-electron chi connectivity index (χ4n) is 5.71. The molecule has 0 saturated carbocycles. The van der Waals surface area contributed by atoms with E-state index in [1.54, 1.807) is 0 Å². The highest BCUT2D eigenvalue weighted by atomic mass is 16.5. The summed E-state index contributed by atoms with van der Waals surface area (Å²) in [4.78, 5) is 0. The fourth-order valence-corrected chi connectivity index (χ4v) is 5.71. The summed E-state index contributed by atoms with van der Waals surface area (Å²) in [6.07, 6.45) is 0. The largest absolute Gasteiger partial charge is 0.456 e. The van der Waals surface area contributed by atoms with Crippen molar-refractivity contribution in [2.45, 2.75) is 0 Å². The number of hydrogen-bond donors (Lipinski definition) is 0. The van der Waals surface area contributed by atoms with Crippen molar-refractivity contribution >= 4 is 32.7 Å². The van der Waals surface area contributed by atoms with E-state index in [1.807, 2.05) is 24.3 Å². The van der Waals surface area contributed by atoms with E-state index in [0.717, 1.165) is 39.0 Å². The number of furan rings is 1. The highest BCUT2D eigenvalue weighted by Gasteiger charge is 2.22. The molecule has 2 heteroatoms. The van der Waals surface area contributed by atoms with E-state index in [4.69, 9.17) is 9.15 Å². The standard InChI is InChI=1S/C34H20O2/c1-2-11-24(26-14-8-18-32-34(26)27-13-4-6-16-30(27)36-32)23(10-1)22-19-21-9-7-17-31-33(21)28(20-22)25-12-3-5-15-29(25)35-31/h1-20H. The molecule has 0 fully saturated rings. The van der Waals surface area contributed by atoms with Crippen molar-refractivity contribution in [2.75, 3.05) is 0 Å². The number of benzene rings is 6. The molecule has 2 nitrogen and oxygen atoms in total. The maximum Gasteiger partial charge on any atom is 0.136 e. The molecule has 0 N–H and O–H groups in total. The first-order valence-electron chi connectivity index (χ1n) is 12.2. The average Bonchev–Trinajstić information content (AvgIpc) is 3.32. The molecule has 0 aliphatic carbocycles. The van der Waals surface area contributed by atoms with Gasteiger partial charge in [-0.1, -0.05) is 84.9 Å². The van der Waals surface area contributed by atoms with Gasteiger partial charge in [0, 0.05) is 21.7 Å². The second kappa shape index (κ2) is 7.34. The van der Waals surface area contributed by atoms with Crippen LogP contribution in [-0.4, -0.2) is 0 Å². The van der Waals surface area contributed by atoms with Crippen LogP contribution in [0, 0.1) is 0 Å². The van der Waals surface area contributed by atoms with Crippen molar-refractivity contribution in [1.82, 2.24) is 0 Å². The lowest BCUT2D eigenvalue weighted by Gasteiger charge is -2.22. The maximum absolute atomic E-state index is 6.26. The third kappa shape index (κ3) is 2.73. The zero-order chi connectivity index (χ0) is 23.6. The summed E-state index contributed by atoms with van der Waals surface area (Å²) in [6, 6.07) is 42.5. The molecular formula is C34H20O2. The van der Waals surface area contributed by atoms with Crippen LogP contribution in [0.3, 0.4) is 0 Å². The smallest absolute Gasteiger partial charge is 0.136 e. The van der Waals surface area contributed by atoms with Gasteiger partial charge in [-0.15, -0.1) is 0 Å². The molecule has 0 saturated heterocycles. The Labute approximate surface area is 208 Å². The molecule has 1 aromatic heterocycles. The van der Waals surface area contributed by atoms with Crippen LogP contribution in [0.2, 0.25) is 0 Å². The summed E-state index contributed by atoms with van der Waals surface area (Å²) in [5, 5.41) is 4.64. The molecule has 1 aliphatic heterocycles. The van der Waals surface area contributed by atoms with Gasteiger partial charge in [-0.25, -0.2) is 0 Å². The summed E-state index contributed by atoms with van der Waals surface area (Å²) in [6.45, 7) is 0. The number of para-hydroxylation sites is 2. The van der Waals surface area contributed by atoms with Gasteiger partial charge in [0.2, 0.25) is 0 Å². The topological polar surface area (TPSA) is 22.4 Å². The molecule has 2 heterocycles. The van der Waals surface area contributed by atoms with Crippen molar-refractivity contribution < 1.29 is 9.15 Å². The monoisotopic (exact) mass is 460 g/mol. The van der Waals surface area contributed by atoms with E-state index < -0.39 is 0 Å². The quantitative estimate of drug-likeness (QED) is 0.256. The minimum absolute atomic E-state index is 0.901. The predicted octanol–water partition coefficient (Wildman–Crippen LogP) is 9.85. The number of hydrogen-bond acceptors (Lipinski definition) is 2. The lowest BCUT2D eigenvalue weighted by molar-refractivity contribution is 0.487. The van der Waals surface area contributed by atoms with Gasteiger partial charge in [0.25, 0.3) is 0 Å². The van der Waals surface area contributed by atoms with Gasteiger partial charge < -0.3 is 9.15 Å². The van der Waals surface area contributed by atoms with Crippen molar-refractivity contribution in [3.05, 3.63) is 121 Å². The Morgan fingerprint density at radius 1 is 0.417 bits per heavy atom.